The molecule has 2 aromatic carbocycles. The molecule has 0 bridgehead atoms. The van der Waals surface area contributed by atoms with Gasteiger partial charge in [-0.2, -0.15) is 5.26 Å². The first kappa shape index (κ1) is 22.0. The van der Waals surface area contributed by atoms with Gasteiger partial charge < -0.3 is 15.6 Å². The molecule has 0 aliphatic carbocycles. The topological polar surface area (TPSA) is 120 Å². The van der Waals surface area contributed by atoms with Gasteiger partial charge in [-0.1, -0.05) is 0 Å². The minimum absolute atomic E-state index is 0.0102. The van der Waals surface area contributed by atoms with Crippen molar-refractivity contribution in [2.75, 3.05) is 12.4 Å². The van der Waals surface area contributed by atoms with Gasteiger partial charge >= 0.3 is 5.69 Å². The number of aromatic nitrogens is 2. The maximum absolute atomic E-state index is 14.2. The first-order valence-electron chi connectivity index (χ1n) is 9.86. The molecule has 2 heterocycles. The van der Waals surface area contributed by atoms with E-state index in [1.165, 1.54) is 48.7 Å². The highest BCUT2D eigenvalue weighted by atomic mass is 32.1. The quantitative estimate of drug-likeness (QED) is 0.420. The van der Waals surface area contributed by atoms with Crippen LogP contribution in [0, 0.1) is 24.1 Å². The van der Waals surface area contributed by atoms with E-state index in [2.05, 4.69) is 21.7 Å². The summed E-state index contributed by atoms with van der Waals surface area (Å²) in [5.41, 5.74) is -0.569. The number of H-pyrrole nitrogens is 1. The van der Waals surface area contributed by atoms with Crippen LogP contribution in [0.25, 0.3) is 16.6 Å². The number of aromatic amines is 1. The smallest absolute Gasteiger partial charge is 0.333 e. The first-order chi connectivity index (χ1) is 15.8. The molecule has 1 amide bonds. The van der Waals surface area contributed by atoms with Crippen molar-refractivity contribution in [3.05, 3.63) is 90.5 Å². The summed E-state index contributed by atoms with van der Waals surface area (Å²) in [7, 11) is 1.53. The summed E-state index contributed by atoms with van der Waals surface area (Å²) >= 11 is 1.42. The molecule has 0 saturated carbocycles. The lowest BCUT2D eigenvalue weighted by Crippen LogP contribution is -2.33. The third-order valence-corrected chi connectivity index (χ3v) is 6.16. The lowest BCUT2D eigenvalue weighted by molar-refractivity contribution is 0.0945. The minimum atomic E-state index is -0.792. The Kier molecular flexibility index (Phi) is 5.81. The molecule has 1 atom stereocenters. The average molecular weight is 463 g/mol. The van der Waals surface area contributed by atoms with Gasteiger partial charge in [0.05, 0.1) is 28.3 Å². The number of carbonyl (C=O) groups is 1. The summed E-state index contributed by atoms with van der Waals surface area (Å²) in [5, 5.41) is 14.7. The van der Waals surface area contributed by atoms with E-state index in [9.17, 15) is 24.0 Å². The van der Waals surface area contributed by atoms with Gasteiger partial charge in [-0.15, -0.1) is 11.3 Å². The molecular weight excluding hydrogens is 445 g/mol. The van der Waals surface area contributed by atoms with Crippen LogP contribution in [0.5, 0.6) is 0 Å². The number of halogens is 1. The van der Waals surface area contributed by atoms with Crippen LogP contribution in [-0.2, 0) is 0 Å². The molecule has 33 heavy (non-hydrogen) atoms. The van der Waals surface area contributed by atoms with E-state index in [1.54, 1.807) is 6.07 Å². The Morgan fingerprint density at radius 3 is 2.52 bits per heavy atom. The molecule has 4 rings (SSSR count). The Balaban J connectivity index is 1.65. The van der Waals surface area contributed by atoms with E-state index in [0.717, 1.165) is 20.4 Å². The Morgan fingerprint density at radius 1 is 1.18 bits per heavy atom. The maximum Gasteiger partial charge on any atom is 0.333 e. The molecule has 0 fully saturated rings. The zero-order valence-electron chi connectivity index (χ0n) is 17.6. The Labute approximate surface area is 190 Å². The first-order valence-corrected chi connectivity index (χ1v) is 10.7. The van der Waals surface area contributed by atoms with Crippen molar-refractivity contribution in [2.45, 2.75) is 13.0 Å². The fourth-order valence-electron chi connectivity index (χ4n) is 3.42. The van der Waals surface area contributed by atoms with E-state index in [1.807, 2.05) is 13.0 Å². The van der Waals surface area contributed by atoms with Crippen LogP contribution in [0.15, 0.2) is 58.1 Å². The summed E-state index contributed by atoms with van der Waals surface area (Å²) in [6, 6.07) is 13.1. The lowest BCUT2D eigenvalue weighted by Gasteiger charge is -2.11. The van der Waals surface area contributed by atoms with Crippen molar-refractivity contribution >= 4 is 33.8 Å². The Hall–Kier alpha value is -4.23. The lowest BCUT2D eigenvalue weighted by atomic mass is 10.1. The number of fused-ring (bicyclic) bond motifs is 1. The van der Waals surface area contributed by atoms with Gasteiger partial charge in [0, 0.05) is 22.4 Å². The maximum atomic E-state index is 14.2. The highest BCUT2D eigenvalue weighted by Crippen LogP contribution is 2.23. The average Bonchev–Trinajstić information content (AvgIpc) is 3.24. The van der Waals surface area contributed by atoms with Gasteiger partial charge in [-0.05, 0) is 55.5 Å². The van der Waals surface area contributed by atoms with Crippen molar-refractivity contribution in [1.82, 2.24) is 14.9 Å². The summed E-state index contributed by atoms with van der Waals surface area (Å²) in [6.45, 7) is 1.91. The predicted molar refractivity (Wildman–Crippen MR) is 125 cm³/mol. The third kappa shape index (κ3) is 4.14. The van der Waals surface area contributed by atoms with Crippen LogP contribution >= 0.6 is 11.3 Å². The van der Waals surface area contributed by atoms with E-state index in [0.29, 0.717) is 0 Å². The molecule has 0 radical (unpaired) electrons. The summed E-state index contributed by atoms with van der Waals surface area (Å²) in [6.07, 6.45) is 0. The molecule has 0 spiro atoms. The molecule has 0 aliphatic rings. The van der Waals surface area contributed by atoms with Crippen LogP contribution in [0.1, 0.15) is 26.2 Å². The molecular formula is C23H18FN5O3S. The summed E-state index contributed by atoms with van der Waals surface area (Å²) in [4.78, 5) is 42.4. The number of hydrogen-bond acceptors (Lipinski definition) is 6. The predicted octanol–water partition coefficient (Wildman–Crippen LogP) is 3.22. The second-order valence-corrected chi connectivity index (χ2v) is 8.55. The largest absolute Gasteiger partial charge is 0.386 e. The normalized spacial score (nSPS) is 11.7. The number of amides is 1. The molecule has 166 valence electrons. The van der Waals surface area contributed by atoms with E-state index < -0.39 is 29.0 Å². The van der Waals surface area contributed by atoms with Crippen molar-refractivity contribution in [2.24, 2.45) is 0 Å². The number of nitrogens with one attached hydrogen (secondary N) is 3. The monoisotopic (exact) mass is 463 g/mol. The van der Waals surface area contributed by atoms with E-state index in [-0.39, 0.29) is 27.8 Å². The number of nitrogens with zero attached hydrogens (tertiary/aromatic N) is 2. The fraction of sp³-hybridized carbons (Fsp3) is 0.130. The number of nitriles is 1. The van der Waals surface area contributed by atoms with E-state index >= 15 is 0 Å². The van der Waals surface area contributed by atoms with Crippen LogP contribution in [0.4, 0.5) is 10.1 Å². The van der Waals surface area contributed by atoms with Gasteiger partial charge in [-0.25, -0.2) is 13.8 Å². The highest BCUT2D eigenvalue weighted by Gasteiger charge is 2.18. The Morgan fingerprint density at radius 2 is 1.91 bits per heavy atom. The SMILES string of the molecule is CNc1cc2[nH]c(=O)n(-c3ccc(C(=O)NC(C#N)c4ccc(C)s4)cc3)c(=O)c2cc1F. The molecule has 2 aromatic heterocycles. The van der Waals surface area contributed by atoms with Crippen molar-refractivity contribution in [1.29, 1.82) is 5.26 Å². The molecule has 3 N–H and O–H groups in total. The van der Waals surface area contributed by atoms with E-state index in [4.69, 9.17) is 0 Å². The number of anilines is 1. The van der Waals surface area contributed by atoms with Gasteiger partial charge in [0.2, 0.25) is 0 Å². The number of hydrogen-bond donors (Lipinski definition) is 3. The molecule has 4 aromatic rings. The number of rotatable bonds is 5. The van der Waals surface area contributed by atoms with Crippen molar-refractivity contribution in [3.8, 4) is 11.8 Å². The van der Waals surface area contributed by atoms with Crippen LogP contribution < -0.4 is 21.9 Å². The van der Waals surface area contributed by atoms with Crippen LogP contribution in [0.2, 0.25) is 0 Å². The highest BCUT2D eigenvalue weighted by molar-refractivity contribution is 7.12. The van der Waals surface area contributed by atoms with Gasteiger partial charge in [-0.3, -0.25) is 9.59 Å². The zero-order chi connectivity index (χ0) is 23.7. The van der Waals surface area contributed by atoms with Crippen molar-refractivity contribution < 1.29 is 9.18 Å². The number of aryl methyl sites for hydroxylation is 1. The fourth-order valence-corrected chi connectivity index (χ4v) is 4.29. The van der Waals surface area contributed by atoms with Gasteiger partial charge in [0.25, 0.3) is 11.5 Å². The van der Waals surface area contributed by atoms with Gasteiger partial charge in [0.1, 0.15) is 5.82 Å². The molecule has 0 aliphatic heterocycles. The molecule has 1 unspecified atom stereocenters. The molecule has 0 saturated heterocycles. The number of carbonyl (C=O) groups excluding carboxylic acids is 1. The Bertz CT molecular complexity index is 1530. The van der Waals surface area contributed by atoms with Crippen LogP contribution in [-0.4, -0.2) is 22.5 Å². The third-order valence-electron chi connectivity index (χ3n) is 5.09. The molecule has 10 heteroatoms. The number of benzene rings is 2. The van der Waals surface area contributed by atoms with Crippen molar-refractivity contribution in [3.63, 3.8) is 0 Å². The molecule has 8 nitrogen and oxygen atoms in total. The summed E-state index contributed by atoms with van der Waals surface area (Å²) < 4.78 is 15.0. The second-order valence-electron chi connectivity index (χ2n) is 7.23. The second kappa shape index (κ2) is 8.72. The zero-order valence-corrected chi connectivity index (χ0v) is 18.4. The summed E-state index contributed by atoms with van der Waals surface area (Å²) in [5.74, 6) is -1.10. The minimum Gasteiger partial charge on any atom is -0.386 e. The number of thiophene rings is 1. The standard InChI is InChI=1S/C23H18FN5O3S/c1-12-3-8-20(33-12)19(11-25)27-21(30)13-4-6-14(7-5-13)29-22(31)15-9-16(24)18(26-2)10-17(15)28-23(29)32/h3-10,19,26H,1-2H3,(H,27,30)(H,28,32). The van der Waals surface area contributed by atoms with Crippen LogP contribution in [0.3, 0.4) is 0 Å². The van der Waals surface area contributed by atoms with Gasteiger partial charge in [0.15, 0.2) is 6.04 Å².